The van der Waals surface area contributed by atoms with E-state index in [2.05, 4.69) is 6.92 Å². The summed E-state index contributed by atoms with van der Waals surface area (Å²) in [5.41, 5.74) is 6.60. The van der Waals surface area contributed by atoms with Crippen LogP contribution >= 0.6 is 12.2 Å². The average molecular weight is 260 g/mol. The van der Waals surface area contributed by atoms with Gasteiger partial charge < -0.3 is 10.5 Å². The summed E-state index contributed by atoms with van der Waals surface area (Å²) >= 11 is 4.78. The van der Waals surface area contributed by atoms with Crippen molar-refractivity contribution in [3.05, 3.63) is 35.4 Å². The van der Waals surface area contributed by atoms with Crippen LogP contribution in [0.5, 0.6) is 5.75 Å². The minimum Gasteiger partial charge on any atom is -0.491 e. The molecule has 1 aromatic carbocycles. The van der Waals surface area contributed by atoms with Gasteiger partial charge >= 0.3 is 0 Å². The van der Waals surface area contributed by atoms with E-state index in [9.17, 15) is 0 Å². The summed E-state index contributed by atoms with van der Waals surface area (Å²) in [4.78, 5) is 0.109. The minimum atomic E-state index is 0.109. The van der Waals surface area contributed by atoms with Gasteiger partial charge in [-0.05, 0) is 37.1 Å². The maximum Gasteiger partial charge on any atom is 0.119 e. The van der Waals surface area contributed by atoms with Gasteiger partial charge in [0.1, 0.15) is 16.8 Å². The predicted octanol–water partition coefficient (Wildman–Crippen LogP) is 3.06. The van der Waals surface area contributed by atoms with Gasteiger partial charge in [-0.25, -0.2) is 0 Å². The van der Waals surface area contributed by atoms with Crippen LogP contribution in [0.25, 0.3) is 6.08 Å². The number of hydrogen-bond acceptors (Lipinski definition) is 3. The van der Waals surface area contributed by atoms with E-state index in [1.807, 2.05) is 37.3 Å². The monoisotopic (exact) mass is 260 g/mol. The second kappa shape index (κ2) is 6.77. The Bertz CT molecular complexity index is 486. The zero-order valence-electron chi connectivity index (χ0n) is 10.5. The van der Waals surface area contributed by atoms with Crippen molar-refractivity contribution in [1.82, 2.24) is 0 Å². The van der Waals surface area contributed by atoms with Crippen LogP contribution in [0.3, 0.4) is 0 Å². The Morgan fingerprint density at radius 2 is 2.11 bits per heavy atom. The normalized spacial score (nSPS) is 12.6. The second-order valence-corrected chi connectivity index (χ2v) is 4.38. The number of nitriles is 1. The van der Waals surface area contributed by atoms with Crippen molar-refractivity contribution in [2.45, 2.75) is 26.4 Å². The van der Waals surface area contributed by atoms with E-state index in [1.54, 1.807) is 6.08 Å². The minimum absolute atomic E-state index is 0.109. The van der Waals surface area contributed by atoms with E-state index in [4.69, 9.17) is 28.0 Å². The summed E-state index contributed by atoms with van der Waals surface area (Å²) in [6.07, 6.45) is 2.81. The molecule has 4 heteroatoms. The number of thiocarbonyl (C=S) groups is 1. The molecule has 0 aliphatic heterocycles. The first-order valence-corrected chi connectivity index (χ1v) is 6.16. The Morgan fingerprint density at radius 1 is 1.50 bits per heavy atom. The molecule has 0 amide bonds. The van der Waals surface area contributed by atoms with Crippen LogP contribution in [-0.4, -0.2) is 11.1 Å². The van der Waals surface area contributed by atoms with Crippen LogP contribution in [0, 0.1) is 11.3 Å². The molecule has 94 valence electrons. The quantitative estimate of drug-likeness (QED) is 0.502. The van der Waals surface area contributed by atoms with Crippen LogP contribution < -0.4 is 10.5 Å². The number of nitrogens with two attached hydrogens (primary N) is 1. The highest BCUT2D eigenvalue weighted by Crippen LogP contribution is 2.16. The molecule has 0 saturated heterocycles. The fraction of sp³-hybridized carbons (Fsp3) is 0.286. The summed E-state index contributed by atoms with van der Waals surface area (Å²) in [5.74, 6) is 0.815. The topological polar surface area (TPSA) is 59.0 Å². The largest absolute Gasteiger partial charge is 0.491 e. The van der Waals surface area contributed by atoms with Gasteiger partial charge in [-0.1, -0.05) is 31.3 Å². The van der Waals surface area contributed by atoms with Crippen LogP contribution in [0.1, 0.15) is 25.8 Å². The van der Waals surface area contributed by atoms with Gasteiger partial charge in [0.05, 0.1) is 11.7 Å². The molecule has 0 aliphatic carbocycles. The Hall–Kier alpha value is -1.86. The third-order valence-electron chi connectivity index (χ3n) is 2.49. The van der Waals surface area contributed by atoms with E-state index in [1.165, 1.54) is 0 Å². The van der Waals surface area contributed by atoms with E-state index < -0.39 is 0 Å². The van der Waals surface area contributed by atoms with E-state index in [0.29, 0.717) is 5.57 Å². The number of hydrogen-bond donors (Lipinski definition) is 1. The molecular weight excluding hydrogens is 244 g/mol. The third kappa shape index (κ3) is 4.19. The Labute approximate surface area is 113 Å². The van der Waals surface area contributed by atoms with Crippen molar-refractivity contribution >= 4 is 23.3 Å². The molecule has 1 aromatic rings. The highest BCUT2D eigenvalue weighted by atomic mass is 32.1. The SMILES string of the molecule is CC[C@@H](C)Oc1ccc(/C=C(/C#N)C(N)=S)cc1. The van der Waals surface area contributed by atoms with Gasteiger partial charge in [-0.15, -0.1) is 0 Å². The fourth-order valence-corrected chi connectivity index (χ4v) is 1.39. The van der Waals surface area contributed by atoms with Gasteiger partial charge in [-0.3, -0.25) is 0 Å². The summed E-state index contributed by atoms with van der Waals surface area (Å²) in [6.45, 7) is 4.09. The number of rotatable bonds is 5. The number of ether oxygens (including phenoxy) is 1. The molecule has 0 unspecified atom stereocenters. The first kappa shape index (κ1) is 14.2. The number of nitrogens with zero attached hydrogens (tertiary/aromatic N) is 1. The first-order chi connectivity index (χ1) is 8.56. The van der Waals surface area contributed by atoms with E-state index in [-0.39, 0.29) is 11.1 Å². The number of benzene rings is 1. The van der Waals surface area contributed by atoms with Crippen molar-refractivity contribution in [3.8, 4) is 11.8 Å². The zero-order valence-corrected chi connectivity index (χ0v) is 11.3. The Kier molecular flexibility index (Phi) is 5.34. The lowest BCUT2D eigenvalue weighted by Crippen LogP contribution is -2.10. The average Bonchev–Trinajstić information content (AvgIpc) is 2.37. The van der Waals surface area contributed by atoms with Crippen molar-refractivity contribution in [3.63, 3.8) is 0 Å². The maximum atomic E-state index is 8.85. The smallest absolute Gasteiger partial charge is 0.119 e. The van der Waals surface area contributed by atoms with E-state index in [0.717, 1.165) is 17.7 Å². The molecule has 0 spiro atoms. The lowest BCUT2D eigenvalue weighted by atomic mass is 10.1. The fourth-order valence-electron chi connectivity index (χ4n) is 1.28. The highest BCUT2D eigenvalue weighted by Gasteiger charge is 2.02. The van der Waals surface area contributed by atoms with Crippen LogP contribution in [-0.2, 0) is 0 Å². The summed E-state index contributed by atoms with van der Waals surface area (Å²) in [5, 5.41) is 8.85. The molecule has 0 aliphatic rings. The molecule has 0 heterocycles. The molecule has 0 saturated carbocycles. The molecular formula is C14H16N2OS. The Morgan fingerprint density at radius 3 is 2.56 bits per heavy atom. The van der Waals surface area contributed by atoms with Crippen LogP contribution in [0.2, 0.25) is 0 Å². The predicted molar refractivity (Wildman–Crippen MR) is 77.2 cm³/mol. The molecule has 0 radical (unpaired) electrons. The van der Waals surface area contributed by atoms with Crippen LogP contribution in [0.4, 0.5) is 0 Å². The molecule has 3 nitrogen and oxygen atoms in total. The van der Waals surface area contributed by atoms with E-state index >= 15 is 0 Å². The van der Waals surface area contributed by atoms with Crippen molar-refractivity contribution in [1.29, 1.82) is 5.26 Å². The van der Waals surface area contributed by atoms with Crippen molar-refractivity contribution < 1.29 is 4.74 Å². The maximum absolute atomic E-state index is 8.85. The highest BCUT2D eigenvalue weighted by molar-refractivity contribution is 7.80. The van der Waals surface area contributed by atoms with Gasteiger partial charge in [-0.2, -0.15) is 5.26 Å². The lowest BCUT2D eigenvalue weighted by molar-refractivity contribution is 0.217. The summed E-state index contributed by atoms with van der Waals surface area (Å²) in [7, 11) is 0. The summed E-state index contributed by atoms with van der Waals surface area (Å²) < 4.78 is 5.66. The Balaban J connectivity index is 2.84. The molecule has 1 atom stereocenters. The summed E-state index contributed by atoms with van der Waals surface area (Å²) in [6, 6.07) is 9.44. The van der Waals surface area contributed by atoms with Crippen molar-refractivity contribution in [2.75, 3.05) is 0 Å². The van der Waals surface area contributed by atoms with Gasteiger partial charge in [0.15, 0.2) is 0 Å². The molecule has 0 fully saturated rings. The zero-order chi connectivity index (χ0) is 13.5. The lowest BCUT2D eigenvalue weighted by Gasteiger charge is -2.12. The molecule has 0 bridgehead atoms. The molecule has 2 N–H and O–H groups in total. The molecule has 18 heavy (non-hydrogen) atoms. The standard InChI is InChI=1S/C14H16N2OS/c1-3-10(2)17-13-6-4-11(5-7-13)8-12(9-15)14(16)18/h4-8,10H,3H2,1-2H3,(H2,16,18)/b12-8-/t10-/m1/s1. The molecule has 0 aromatic heterocycles. The molecule has 1 rings (SSSR count). The third-order valence-corrected chi connectivity index (χ3v) is 2.71. The van der Waals surface area contributed by atoms with Gasteiger partial charge in [0.25, 0.3) is 0 Å². The van der Waals surface area contributed by atoms with Gasteiger partial charge in [0, 0.05) is 0 Å². The van der Waals surface area contributed by atoms with Gasteiger partial charge in [0.2, 0.25) is 0 Å². The first-order valence-electron chi connectivity index (χ1n) is 5.75. The van der Waals surface area contributed by atoms with Crippen LogP contribution in [0.15, 0.2) is 29.8 Å². The second-order valence-electron chi connectivity index (χ2n) is 3.94. The van der Waals surface area contributed by atoms with Crippen molar-refractivity contribution in [2.24, 2.45) is 5.73 Å².